The van der Waals surface area contributed by atoms with Crippen molar-refractivity contribution in [2.75, 3.05) is 0 Å². The second-order valence-corrected chi connectivity index (χ2v) is 5.39. The summed E-state index contributed by atoms with van der Waals surface area (Å²) in [7, 11) is 0. The molecule has 20 heavy (non-hydrogen) atoms. The molecule has 104 valence electrons. The van der Waals surface area contributed by atoms with E-state index in [0.29, 0.717) is 5.76 Å². The molecule has 0 fully saturated rings. The van der Waals surface area contributed by atoms with Gasteiger partial charge in [-0.25, -0.2) is 4.79 Å². The van der Waals surface area contributed by atoms with E-state index in [-0.39, 0.29) is 5.56 Å². The molecule has 0 aliphatic carbocycles. The van der Waals surface area contributed by atoms with Gasteiger partial charge in [0.15, 0.2) is 5.43 Å². The summed E-state index contributed by atoms with van der Waals surface area (Å²) in [4.78, 5) is 23.8. The van der Waals surface area contributed by atoms with Crippen LogP contribution < -0.4 is 5.43 Å². The molecule has 0 amide bonds. The monoisotopic (exact) mass is 272 g/mol. The fourth-order valence-electron chi connectivity index (χ4n) is 1.65. The number of benzene rings is 1. The zero-order chi connectivity index (χ0) is 14.8. The summed E-state index contributed by atoms with van der Waals surface area (Å²) < 4.78 is 10.5. The zero-order valence-corrected chi connectivity index (χ0v) is 11.7. The first-order valence-corrected chi connectivity index (χ1v) is 6.28. The minimum atomic E-state index is -0.675. The Hall–Kier alpha value is -2.36. The van der Waals surface area contributed by atoms with Crippen molar-refractivity contribution >= 4 is 5.97 Å². The topological polar surface area (TPSA) is 56.5 Å². The van der Waals surface area contributed by atoms with E-state index in [1.165, 1.54) is 6.07 Å². The van der Waals surface area contributed by atoms with Gasteiger partial charge in [0.1, 0.15) is 23.2 Å². The summed E-state index contributed by atoms with van der Waals surface area (Å²) in [5.74, 6) is -0.256. The van der Waals surface area contributed by atoms with Crippen molar-refractivity contribution in [2.45, 2.75) is 26.4 Å². The molecule has 4 heteroatoms. The molecule has 1 aromatic carbocycles. The molecule has 0 atom stereocenters. The van der Waals surface area contributed by atoms with Gasteiger partial charge in [-0.15, -0.1) is 0 Å². The number of ether oxygens (including phenoxy) is 1. The first-order chi connectivity index (χ1) is 9.37. The molecule has 0 aliphatic rings. The molecule has 1 heterocycles. The molecule has 0 radical (unpaired) electrons. The van der Waals surface area contributed by atoms with Crippen LogP contribution in [0.5, 0.6) is 0 Å². The third-order valence-electron chi connectivity index (χ3n) is 2.51. The largest absolute Gasteiger partial charge is 0.463 e. The van der Waals surface area contributed by atoms with Gasteiger partial charge in [-0.2, -0.15) is 0 Å². The summed E-state index contributed by atoms with van der Waals surface area (Å²) in [6, 6.07) is 10.5. The number of carbonyl (C=O) groups is 1. The van der Waals surface area contributed by atoms with Gasteiger partial charge in [-0.3, -0.25) is 4.79 Å². The fourth-order valence-corrected chi connectivity index (χ4v) is 1.65. The highest BCUT2D eigenvalue weighted by molar-refractivity contribution is 5.89. The van der Waals surface area contributed by atoms with Crippen LogP contribution in [0.2, 0.25) is 0 Å². The molecular formula is C16H16O4. The lowest BCUT2D eigenvalue weighted by atomic mass is 10.1. The highest BCUT2D eigenvalue weighted by Crippen LogP contribution is 2.18. The van der Waals surface area contributed by atoms with Crippen LogP contribution in [-0.4, -0.2) is 11.6 Å². The lowest BCUT2D eigenvalue weighted by molar-refractivity contribution is 0.00657. The fraction of sp³-hybridized carbons (Fsp3) is 0.250. The van der Waals surface area contributed by atoms with E-state index < -0.39 is 17.0 Å². The molecule has 0 saturated heterocycles. The highest BCUT2D eigenvalue weighted by atomic mass is 16.6. The summed E-state index contributed by atoms with van der Waals surface area (Å²) >= 11 is 0. The van der Waals surface area contributed by atoms with Crippen molar-refractivity contribution in [1.82, 2.24) is 0 Å². The molecule has 0 N–H and O–H groups in total. The first-order valence-electron chi connectivity index (χ1n) is 6.28. The van der Waals surface area contributed by atoms with Crippen LogP contribution >= 0.6 is 0 Å². The third kappa shape index (κ3) is 3.35. The molecule has 0 bridgehead atoms. The van der Waals surface area contributed by atoms with Crippen molar-refractivity contribution < 1.29 is 13.9 Å². The molecule has 2 rings (SSSR count). The molecule has 0 unspecified atom stereocenters. The Balaban J connectivity index is 2.32. The second-order valence-electron chi connectivity index (χ2n) is 5.39. The van der Waals surface area contributed by atoms with Crippen LogP contribution in [-0.2, 0) is 4.74 Å². The van der Waals surface area contributed by atoms with E-state index in [4.69, 9.17) is 9.15 Å². The maximum Gasteiger partial charge on any atom is 0.345 e. The Bertz CT molecular complexity index is 663. The average molecular weight is 272 g/mol. The van der Waals surface area contributed by atoms with Crippen LogP contribution in [0.25, 0.3) is 11.3 Å². The standard InChI is InChI=1S/C16H16O4/c1-16(2,3)20-15(18)12-10-19-14(9-13(12)17)11-7-5-4-6-8-11/h4-10H,1-3H3. The van der Waals surface area contributed by atoms with Gasteiger partial charge in [0, 0.05) is 11.6 Å². The highest BCUT2D eigenvalue weighted by Gasteiger charge is 2.21. The summed E-state index contributed by atoms with van der Waals surface area (Å²) in [6.07, 6.45) is 1.15. The number of hydrogen-bond acceptors (Lipinski definition) is 4. The smallest absolute Gasteiger partial charge is 0.345 e. The second kappa shape index (κ2) is 5.33. The van der Waals surface area contributed by atoms with Crippen LogP contribution in [0.1, 0.15) is 31.1 Å². The van der Waals surface area contributed by atoms with E-state index in [2.05, 4.69) is 0 Å². The Morgan fingerprint density at radius 3 is 2.35 bits per heavy atom. The van der Waals surface area contributed by atoms with Crippen molar-refractivity contribution in [3.8, 4) is 11.3 Å². The SMILES string of the molecule is CC(C)(C)OC(=O)c1coc(-c2ccccc2)cc1=O. The molecule has 0 spiro atoms. The summed E-state index contributed by atoms with van der Waals surface area (Å²) in [5, 5.41) is 0. The minimum Gasteiger partial charge on any atom is -0.463 e. The van der Waals surface area contributed by atoms with E-state index in [0.717, 1.165) is 11.8 Å². The van der Waals surface area contributed by atoms with Gasteiger partial charge in [0.2, 0.25) is 0 Å². The maximum absolute atomic E-state index is 12.0. The van der Waals surface area contributed by atoms with Crippen LogP contribution in [0.15, 0.2) is 51.9 Å². The average Bonchev–Trinajstić information content (AvgIpc) is 2.37. The maximum atomic E-state index is 12.0. The predicted molar refractivity (Wildman–Crippen MR) is 75.6 cm³/mol. The van der Waals surface area contributed by atoms with E-state index in [9.17, 15) is 9.59 Å². The quantitative estimate of drug-likeness (QED) is 0.787. The van der Waals surface area contributed by atoms with Crippen LogP contribution in [0, 0.1) is 0 Å². The Kier molecular flexibility index (Phi) is 3.74. The summed E-state index contributed by atoms with van der Waals surface area (Å²) in [6.45, 7) is 5.22. The Morgan fingerprint density at radius 2 is 1.80 bits per heavy atom. The third-order valence-corrected chi connectivity index (χ3v) is 2.51. The number of carbonyl (C=O) groups excluding carboxylic acids is 1. The van der Waals surface area contributed by atoms with E-state index in [1.807, 2.05) is 30.3 Å². The van der Waals surface area contributed by atoms with Crippen molar-refractivity contribution in [3.63, 3.8) is 0 Å². The molecule has 0 saturated carbocycles. The number of hydrogen-bond donors (Lipinski definition) is 0. The Labute approximate surface area is 117 Å². The van der Waals surface area contributed by atoms with Gasteiger partial charge >= 0.3 is 5.97 Å². The van der Waals surface area contributed by atoms with Gasteiger partial charge < -0.3 is 9.15 Å². The zero-order valence-electron chi connectivity index (χ0n) is 11.7. The van der Waals surface area contributed by atoms with Gasteiger partial charge in [-0.05, 0) is 20.8 Å². The molecule has 1 aromatic heterocycles. The lowest BCUT2D eigenvalue weighted by Crippen LogP contribution is -2.27. The first kappa shape index (κ1) is 14.1. The van der Waals surface area contributed by atoms with Gasteiger partial charge in [0.25, 0.3) is 0 Å². The number of rotatable bonds is 2. The van der Waals surface area contributed by atoms with Gasteiger partial charge in [-0.1, -0.05) is 30.3 Å². The molecule has 2 aromatic rings. The number of esters is 1. The van der Waals surface area contributed by atoms with E-state index in [1.54, 1.807) is 20.8 Å². The Morgan fingerprint density at radius 1 is 1.15 bits per heavy atom. The predicted octanol–water partition coefficient (Wildman–Crippen LogP) is 3.26. The van der Waals surface area contributed by atoms with Crippen molar-refractivity contribution in [1.29, 1.82) is 0 Å². The van der Waals surface area contributed by atoms with Crippen LogP contribution in [0.4, 0.5) is 0 Å². The van der Waals surface area contributed by atoms with E-state index >= 15 is 0 Å². The normalized spacial score (nSPS) is 11.2. The van der Waals surface area contributed by atoms with Crippen LogP contribution in [0.3, 0.4) is 0 Å². The molecule has 4 nitrogen and oxygen atoms in total. The molecule has 0 aliphatic heterocycles. The summed E-state index contributed by atoms with van der Waals surface area (Å²) in [5.41, 5.74) is -0.383. The van der Waals surface area contributed by atoms with Crippen molar-refractivity contribution in [2.24, 2.45) is 0 Å². The van der Waals surface area contributed by atoms with Crippen molar-refractivity contribution in [3.05, 3.63) is 58.4 Å². The van der Waals surface area contributed by atoms with Gasteiger partial charge in [0.05, 0.1) is 0 Å². The minimum absolute atomic E-state index is 0.0976. The lowest BCUT2D eigenvalue weighted by Gasteiger charge is -2.18. The molecular weight excluding hydrogens is 256 g/mol.